The van der Waals surface area contributed by atoms with Crippen molar-refractivity contribution in [2.75, 3.05) is 29.5 Å². The summed E-state index contributed by atoms with van der Waals surface area (Å²) in [7, 11) is 0. The predicted molar refractivity (Wildman–Crippen MR) is 411 cm³/mol. The number of aromatic carboxylic acids is 1. The van der Waals surface area contributed by atoms with Crippen LogP contribution in [0.4, 0.5) is 45.2 Å². The van der Waals surface area contributed by atoms with E-state index in [1.807, 2.05) is 22.6 Å². The van der Waals surface area contributed by atoms with Crippen molar-refractivity contribution in [1.82, 2.24) is 45.2 Å². The van der Waals surface area contributed by atoms with E-state index in [0.29, 0.717) is 104 Å². The smallest absolute Gasteiger partial charge is 0.341 e. The summed E-state index contributed by atoms with van der Waals surface area (Å²) in [5.74, 6) is -6.09. The number of esters is 2. The van der Waals surface area contributed by atoms with E-state index in [4.69, 9.17) is 37.5 Å². The van der Waals surface area contributed by atoms with Crippen molar-refractivity contribution in [3.05, 3.63) is 199 Å². The summed E-state index contributed by atoms with van der Waals surface area (Å²) in [4.78, 5) is 82.6. The molecule has 0 spiro atoms. The van der Waals surface area contributed by atoms with E-state index >= 15 is 0 Å². The van der Waals surface area contributed by atoms with Gasteiger partial charge in [0.05, 0.1) is 107 Å². The molecule has 0 unspecified atom stereocenters. The third-order valence-corrected chi connectivity index (χ3v) is 19.7. The Bertz CT molecular complexity index is 4760. The van der Waals surface area contributed by atoms with E-state index in [9.17, 15) is 66.7 Å². The van der Waals surface area contributed by atoms with Gasteiger partial charge in [0.2, 0.25) is 0 Å². The first-order valence-corrected chi connectivity index (χ1v) is 37.1. The second-order valence-corrected chi connectivity index (χ2v) is 31.0. The minimum absolute atomic E-state index is 0.0537. The number of halogens is 6. The molecule has 31 heteroatoms. The quantitative estimate of drug-likeness (QED) is 0.0258. The SMILES string of the molecule is CC(C)(C)OC(=O)c1ccc(-c2nc([C@@H]3CC[C@@H](O)C3)cnc2N)cc1F.CC(C)(C)OC(=O)c1ccc(-c2nc([C@@H]3CC[C@@H](O)C3)cnc2N)cc1F.Nc1ncc([C@@H]2CC[C@@H](O)C2)nc1-c1ccc(C(=O)N[C@H](CO)c2cc(F)cc(I)c2)c(F)c1.Nc1ncc([C@@H]2CC[C@@H](O)C2)nc1-c1ccc(C(=O)O)c(F)c1. The molecule has 4 fully saturated rings. The van der Waals surface area contributed by atoms with Gasteiger partial charge in [-0.2, -0.15) is 0 Å². The molecule has 15 N–H and O–H groups in total. The number of anilines is 4. The number of hydrogen-bond acceptors (Lipinski definition) is 23. The highest BCUT2D eigenvalue weighted by Gasteiger charge is 2.32. The van der Waals surface area contributed by atoms with Crippen molar-refractivity contribution >= 4 is 69.7 Å². The molecule has 4 aliphatic carbocycles. The largest absolute Gasteiger partial charge is 0.478 e. The summed E-state index contributed by atoms with van der Waals surface area (Å²) in [5, 5.41) is 60.0. The van der Waals surface area contributed by atoms with Crippen molar-refractivity contribution in [1.29, 1.82) is 0 Å². The zero-order valence-electron chi connectivity index (χ0n) is 61.6. The fraction of sp³-hybridized carbons (Fsp3) is 0.375. The van der Waals surface area contributed by atoms with Gasteiger partial charge in [-0.3, -0.25) is 4.79 Å². The maximum Gasteiger partial charge on any atom is 0.341 e. The van der Waals surface area contributed by atoms with Gasteiger partial charge in [0.25, 0.3) is 5.91 Å². The van der Waals surface area contributed by atoms with Crippen LogP contribution in [-0.4, -0.2) is 137 Å². The number of hydrogen-bond donors (Lipinski definition) is 11. The lowest BCUT2D eigenvalue weighted by atomic mass is 10.0. The van der Waals surface area contributed by atoms with E-state index in [1.165, 1.54) is 60.7 Å². The third-order valence-electron chi connectivity index (χ3n) is 19.0. The maximum absolute atomic E-state index is 14.9. The van der Waals surface area contributed by atoms with E-state index in [0.717, 1.165) is 62.0 Å². The molecule has 25 nitrogen and oxygen atoms in total. The Kier molecular flexibility index (Phi) is 26.8. The van der Waals surface area contributed by atoms with Gasteiger partial charge in [-0.25, -0.2) is 76.2 Å². The number of ether oxygens (including phenoxy) is 2. The summed E-state index contributed by atoms with van der Waals surface area (Å²) in [6.45, 7) is 9.84. The number of aliphatic hydroxyl groups excluding tert-OH is 5. The zero-order chi connectivity index (χ0) is 80.5. The fourth-order valence-corrected chi connectivity index (χ4v) is 14.1. The Hall–Kier alpha value is -10.3. The van der Waals surface area contributed by atoms with Crippen molar-refractivity contribution < 1.29 is 81.2 Å². The molecule has 4 heterocycles. The maximum atomic E-state index is 14.9. The molecule has 0 aliphatic heterocycles. The topological polar surface area (TPSA) is 427 Å². The number of carboxylic acids is 1. The molecule has 0 radical (unpaired) electrons. The summed E-state index contributed by atoms with van der Waals surface area (Å²) in [6.07, 6.45) is 13.5. The van der Waals surface area contributed by atoms with Crippen LogP contribution in [0.15, 0.2) is 116 Å². The molecule has 4 aromatic heterocycles. The minimum Gasteiger partial charge on any atom is -0.478 e. The molecule has 13 rings (SSSR count). The van der Waals surface area contributed by atoms with Gasteiger partial charge in [0.1, 0.15) is 86.3 Å². The highest BCUT2D eigenvalue weighted by atomic mass is 127. The van der Waals surface area contributed by atoms with Crippen LogP contribution in [-0.2, 0) is 9.47 Å². The van der Waals surface area contributed by atoms with Crippen LogP contribution in [0.5, 0.6) is 0 Å². The fourth-order valence-electron chi connectivity index (χ4n) is 13.4. The molecule has 5 aromatic carbocycles. The van der Waals surface area contributed by atoms with Gasteiger partial charge in [0, 0.05) is 49.5 Å². The van der Waals surface area contributed by atoms with Crippen molar-refractivity contribution in [3.63, 3.8) is 0 Å². The van der Waals surface area contributed by atoms with Gasteiger partial charge in [-0.05, 0) is 213 Å². The van der Waals surface area contributed by atoms with Crippen LogP contribution >= 0.6 is 22.6 Å². The standard InChI is InChI=1S/C24H23F2IN4O3.2C20H24FN3O3.C16H16FN3O3/c25-15-5-14(6-16(27)9-15)21(11-32)31-24(34)18-4-2-13(8-19(18)26)22-23(28)29-10-20(30-22)12-1-3-17(33)7-12;2*1-20(2,3)27-19(26)14-7-5-12(9-15(14)21)17-18(22)23-10-16(24-17)11-4-6-13(25)8-11;17-12-6-9(2-4-11(12)16(22)23)14-15(18)19-7-13(20-14)8-1-3-10(21)5-8/h2,4-6,8-10,12,17,21,32-33H,1,3,7,11H2,(H2,28,29)(H,31,34);2*5,7,9-11,13,25H,4,6,8H2,1-3H3,(H2,22,23);2,4,6-8,10,21H,1,3,5H2,(H2,18,19)(H,22,23)/t12-,17-,21-;2*11-,13-;8-,10-/m1111/s1. The van der Waals surface area contributed by atoms with Crippen LogP contribution in [0.3, 0.4) is 0 Å². The summed E-state index contributed by atoms with van der Waals surface area (Å²) in [5.41, 5.74) is 27.5. The number of nitrogen functional groups attached to an aromatic ring is 4. The summed E-state index contributed by atoms with van der Waals surface area (Å²) in [6, 6.07) is 19.3. The zero-order valence-corrected chi connectivity index (χ0v) is 63.8. The predicted octanol–water partition coefficient (Wildman–Crippen LogP) is 12.8. The monoisotopic (exact) mass is 1640 g/mol. The van der Waals surface area contributed by atoms with Gasteiger partial charge in [0.15, 0.2) is 0 Å². The molecule has 0 saturated heterocycles. The second kappa shape index (κ2) is 35.8. The molecule has 586 valence electrons. The van der Waals surface area contributed by atoms with Crippen molar-refractivity contribution in [2.24, 2.45) is 0 Å². The number of nitrogens with one attached hydrogen (secondary N) is 1. The number of carbonyl (C=O) groups is 4. The number of rotatable bonds is 15. The van der Waals surface area contributed by atoms with Gasteiger partial charge < -0.3 is 68.4 Å². The normalized spacial score (nSPS) is 19.6. The Labute approximate surface area is 650 Å². The second-order valence-electron chi connectivity index (χ2n) is 29.8. The summed E-state index contributed by atoms with van der Waals surface area (Å²) < 4.78 is 82.6. The van der Waals surface area contributed by atoms with Crippen LogP contribution in [0.2, 0.25) is 0 Å². The average Bonchev–Trinajstić information content (AvgIpc) is 1.77. The Morgan fingerprint density at radius 2 is 0.757 bits per heavy atom. The molecule has 4 saturated carbocycles. The van der Waals surface area contributed by atoms with E-state index in [2.05, 4.69) is 45.2 Å². The van der Waals surface area contributed by atoms with E-state index in [1.54, 1.807) is 84.5 Å². The van der Waals surface area contributed by atoms with E-state index < -0.39 is 82.3 Å². The highest BCUT2D eigenvalue weighted by Crippen LogP contribution is 2.40. The number of nitrogens with zero attached hydrogens (tertiary/aromatic N) is 8. The lowest BCUT2D eigenvalue weighted by Gasteiger charge is -2.19. The molecule has 111 heavy (non-hydrogen) atoms. The van der Waals surface area contributed by atoms with Crippen LogP contribution in [0.1, 0.15) is 218 Å². The number of carboxylic acid groups (broad SMARTS) is 1. The first-order valence-electron chi connectivity index (χ1n) is 36.0. The number of aliphatic hydroxyl groups is 5. The minimum atomic E-state index is -1.33. The van der Waals surface area contributed by atoms with Crippen molar-refractivity contribution in [2.45, 2.75) is 184 Å². The molecule has 4 aliphatic rings. The van der Waals surface area contributed by atoms with Crippen LogP contribution < -0.4 is 28.3 Å². The number of amides is 1. The number of carbonyl (C=O) groups excluding carboxylic acids is 3. The highest BCUT2D eigenvalue weighted by molar-refractivity contribution is 14.1. The molecular formula is C80H87F5IN13O12. The van der Waals surface area contributed by atoms with Crippen molar-refractivity contribution in [3.8, 4) is 45.0 Å². The third kappa shape index (κ3) is 21.6. The number of aromatic nitrogens is 8. The Morgan fingerprint density at radius 3 is 1.01 bits per heavy atom. The first-order chi connectivity index (χ1) is 52.5. The Balaban J connectivity index is 0.000000159. The summed E-state index contributed by atoms with van der Waals surface area (Å²) >= 11 is 1.93. The molecule has 1 amide bonds. The molecular weight excluding hydrogens is 1560 g/mol. The molecule has 9 aromatic rings. The lowest BCUT2D eigenvalue weighted by Crippen LogP contribution is -2.31. The average molecular weight is 1640 g/mol. The van der Waals surface area contributed by atoms with Crippen LogP contribution in [0, 0.1) is 32.7 Å². The first kappa shape index (κ1) is 83.2. The van der Waals surface area contributed by atoms with Gasteiger partial charge in [-0.1, -0.05) is 24.3 Å². The molecule has 0 bridgehead atoms. The van der Waals surface area contributed by atoms with E-state index in [-0.39, 0.29) is 88.0 Å². The van der Waals surface area contributed by atoms with Gasteiger partial charge in [-0.15, -0.1) is 0 Å². The Morgan fingerprint density at radius 1 is 0.459 bits per heavy atom. The van der Waals surface area contributed by atoms with Gasteiger partial charge >= 0.3 is 17.9 Å². The lowest BCUT2D eigenvalue weighted by molar-refractivity contribution is 0.00518. The van der Waals surface area contributed by atoms with Crippen LogP contribution in [0.25, 0.3) is 45.0 Å². The number of nitrogens with two attached hydrogens (primary N) is 4. The molecule has 9 atom stereocenters. The number of benzene rings is 5.